The minimum atomic E-state index is -0.460. The van der Waals surface area contributed by atoms with Crippen molar-refractivity contribution >= 4 is 17.4 Å². The fourth-order valence-electron chi connectivity index (χ4n) is 1.47. The SMILES string of the molecule is N/C=C\N(N)c1cnc(C(=O)Nc2ccc(F)cc2)cn1. The molecule has 2 rings (SSSR count). The van der Waals surface area contributed by atoms with Crippen molar-refractivity contribution in [1.82, 2.24) is 9.97 Å². The minimum Gasteiger partial charge on any atom is -0.403 e. The number of nitrogens with zero attached hydrogens (tertiary/aromatic N) is 3. The van der Waals surface area contributed by atoms with Gasteiger partial charge in [-0.1, -0.05) is 0 Å². The molecule has 0 spiro atoms. The second-order valence-electron chi connectivity index (χ2n) is 3.97. The third-order valence-corrected chi connectivity index (χ3v) is 2.48. The lowest BCUT2D eigenvalue weighted by molar-refractivity contribution is 0.102. The second-order valence-corrected chi connectivity index (χ2v) is 3.97. The van der Waals surface area contributed by atoms with Gasteiger partial charge in [-0.25, -0.2) is 20.2 Å². The van der Waals surface area contributed by atoms with Crippen LogP contribution in [0.15, 0.2) is 49.1 Å². The lowest BCUT2D eigenvalue weighted by atomic mass is 10.3. The van der Waals surface area contributed by atoms with Gasteiger partial charge in [0.25, 0.3) is 5.91 Å². The lowest BCUT2D eigenvalue weighted by Crippen LogP contribution is -2.26. The Morgan fingerprint density at radius 3 is 2.52 bits per heavy atom. The van der Waals surface area contributed by atoms with Gasteiger partial charge in [0.2, 0.25) is 0 Å². The summed E-state index contributed by atoms with van der Waals surface area (Å²) in [6, 6.07) is 5.39. The van der Waals surface area contributed by atoms with Gasteiger partial charge in [0.1, 0.15) is 11.5 Å². The first kappa shape index (κ1) is 14.4. The summed E-state index contributed by atoms with van der Waals surface area (Å²) < 4.78 is 12.8. The Morgan fingerprint density at radius 1 is 1.24 bits per heavy atom. The smallest absolute Gasteiger partial charge is 0.275 e. The standard InChI is InChI=1S/C13H13FN6O/c14-9-1-3-10(4-2-9)19-13(21)11-7-18-12(8-17-11)20(16)6-5-15/h1-8H,15-16H2,(H,19,21)/b6-5-. The molecule has 0 unspecified atom stereocenters. The van der Waals surface area contributed by atoms with Crippen LogP contribution < -0.4 is 21.9 Å². The van der Waals surface area contributed by atoms with Crippen LogP contribution in [0.1, 0.15) is 10.5 Å². The third kappa shape index (κ3) is 3.74. The number of nitrogens with one attached hydrogen (secondary N) is 1. The Kier molecular flexibility index (Phi) is 4.42. The van der Waals surface area contributed by atoms with Gasteiger partial charge in [0.15, 0.2) is 5.82 Å². The van der Waals surface area contributed by atoms with Crippen LogP contribution in [-0.4, -0.2) is 15.9 Å². The first-order chi connectivity index (χ1) is 10.1. The maximum absolute atomic E-state index is 12.8. The first-order valence-electron chi connectivity index (χ1n) is 5.91. The van der Waals surface area contributed by atoms with E-state index in [2.05, 4.69) is 15.3 Å². The summed E-state index contributed by atoms with van der Waals surface area (Å²) in [6.07, 6.45) is 5.25. The molecule has 2 aromatic rings. The second kappa shape index (κ2) is 6.44. The average Bonchev–Trinajstić information content (AvgIpc) is 2.50. The zero-order valence-electron chi connectivity index (χ0n) is 10.9. The van der Waals surface area contributed by atoms with E-state index in [1.807, 2.05) is 0 Å². The van der Waals surface area contributed by atoms with Crippen LogP contribution in [0.4, 0.5) is 15.9 Å². The summed E-state index contributed by atoms with van der Waals surface area (Å²) >= 11 is 0. The summed E-state index contributed by atoms with van der Waals surface area (Å²) in [5.74, 6) is 5.09. The van der Waals surface area contributed by atoms with Crippen molar-refractivity contribution in [2.24, 2.45) is 11.6 Å². The Hall–Kier alpha value is -3.00. The van der Waals surface area contributed by atoms with E-state index >= 15 is 0 Å². The first-order valence-corrected chi connectivity index (χ1v) is 5.91. The normalized spacial score (nSPS) is 10.6. The molecular formula is C13H13FN6O. The van der Waals surface area contributed by atoms with Crippen molar-refractivity contribution in [3.05, 3.63) is 60.6 Å². The van der Waals surface area contributed by atoms with Crippen molar-refractivity contribution in [3.8, 4) is 0 Å². The van der Waals surface area contributed by atoms with E-state index in [0.29, 0.717) is 11.5 Å². The number of rotatable bonds is 4. The largest absolute Gasteiger partial charge is 0.403 e. The summed E-state index contributed by atoms with van der Waals surface area (Å²) in [6.45, 7) is 0. The number of nitrogens with two attached hydrogens (primary N) is 2. The predicted molar refractivity (Wildman–Crippen MR) is 76.4 cm³/mol. The molecule has 0 aliphatic heterocycles. The quantitative estimate of drug-likeness (QED) is 0.571. The van der Waals surface area contributed by atoms with Gasteiger partial charge in [0.05, 0.1) is 12.4 Å². The Morgan fingerprint density at radius 2 is 1.95 bits per heavy atom. The van der Waals surface area contributed by atoms with Crippen molar-refractivity contribution in [1.29, 1.82) is 0 Å². The Bertz CT molecular complexity index is 641. The van der Waals surface area contributed by atoms with E-state index < -0.39 is 5.91 Å². The molecule has 0 aliphatic rings. The fraction of sp³-hybridized carbons (Fsp3) is 0. The fourth-order valence-corrected chi connectivity index (χ4v) is 1.47. The summed E-state index contributed by atoms with van der Waals surface area (Å²) in [5, 5.41) is 3.73. The van der Waals surface area contributed by atoms with Crippen molar-refractivity contribution < 1.29 is 9.18 Å². The molecule has 0 fully saturated rings. The van der Waals surface area contributed by atoms with E-state index in [-0.39, 0.29) is 11.5 Å². The summed E-state index contributed by atoms with van der Waals surface area (Å²) in [4.78, 5) is 19.9. The van der Waals surface area contributed by atoms with Gasteiger partial charge < -0.3 is 11.1 Å². The Labute approximate surface area is 120 Å². The van der Waals surface area contributed by atoms with Crippen LogP contribution in [0.5, 0.6) is 0 Å². The van der Waals surface area contributed by atoms with Crippen LogP contribution in [0.3, 0.4) is 0 Å². The molecule has 0 radical (unpaired) electrons. The molecule has 7 nitrogen and oxygen atoms in total. The number of anilines is 2. The molecule has 0 saturated carbocycles. The highest BCUT2D eigenvalue weighted by molar-refractivity contribution is 6.02. The molecule has 5 N–H and O–H groups in total. The summed E-state index contributed by atoms with van der Waals surface area (Å²) in [7, 11) is 0. The third-order valence-electron chi connectivity index (χ3n) is 2.48. The zero-order chi connectivity index (χ0) is 15.2. The van der Waals surface area contributed by atoms with Gasteiger partial charge in [-0.3, -0.25) is 9.80 Å². The predicted octanol–water partition coefficient (Wildman–Crippen LogP) is 0.978. The molecule has 1 amide bonds. The van der Waals surface area contributed by atoms with Crippen molar-refractivity contribution in [2.45, 2.75) is 0 Å². The van der Waals surface area contributed by atoms with E-state index in [1.54, 1.807) is 0 Å². The monoisotopic (exact) mass is 288 g/mol. The number of carbonyl (C=O) groups excluding carboxylic acids is 1. The van der Waals surface area contributed by atoms with Gasteiger partial charge in [-0.05, 0) is 24.3 Å². The highest BCUT2D eigenvalue weighted by Crippen LogP contribution is 2.10. The molecular weight excluding hydrogens is 275 g/mol. The lowest BCUT2D eigenvalue weighted by Gasteiger charge is -2.11. The Balaban J connectivity index is 2.07. The number of aromatic nitrogens is 2. The number of benzene rings is 1. The minimum absolute atomic E-state index is 0.105. The van der Waals surface area contributed by atoms with Crippen molar-refractivity contribution in [3.63, 3.8) is 0 Å². The number of hydrogen-bond acceptors (Lipinski definition) is 6. The number of carbonyl (C=O) groups is 1. The maximum Gasteiger partial charge on any atom is 0.275 e. The number of hydrogen-bond donors (Lipinski definition) is 3. The van der Waals surface area contributed by atoms with Crippen LogP contribution >= 0.6 is 0 Å². The molecule has 0 atom stereocenters. The van der Waals surface area contributed by atoms with Gasteiger partial charge in [-0.15, -0.1) is 0 Å². The molecule has 0 saturated heterocycles. The number of hydrazine groups is 1. The molecule has 21 heavy (non-hydrogen) atoms. The van der Waals surface area contributed by atoms with E-state index in [4.69, 9.17) is 11.6 Å². The molecule has 1 aromatic carbocycles. The van der Waals surface area contributed by atoms with Gasteiger partial charge >= 0.3 is 0 Å². The summed E-state index contributed by atoms with van der Waals surface area (Å²) in [5.41, 5.74) is 5.76. The highest BCUT2D eigenvalue weighted by atomic mass is 19.1. The molecule has 0 aliphatic carbocycles. The molecule has 8 heteroatoms. The van der Waals surface area contributed by atoms with Crippen LogP contribution in [0, 0.1) is 5.82 Å². The van der Waals surface area contributed by atoms with E-state index in [0.717, 1.165) is 5.01 Å². The topological polar surface area (TPSA) is 110 Å². The van der Waals surface area contributed by atoms with Crippen LogP contribution in [-0.2, 0) is 0 Å². The molecule has 108 valence electrons. The van der Waals surface area contributed by atoms with Gasteiger partial charge in [0, 0.05) is 18.1 Å². The molecule has 0 bridgehead atoms. The van der Waals surface area contributed by atoms with Crippen LogP contribution in [0.2, 0.25) is 0 Å². The maximum atomic E-state index is 12.8. The highest BCUT2D eigenvalue weighted by Gasteiger charge is 2.09. The van der Waals surface area contributed by atoms with Crippen molar-refractivity contribution in [2.75, 3.05) is 10.3 Å². The number of amides is 1. The van der Waals surface area contributed by atoms with E-state index in [9.17, 15) is 9.18 Å². The molecule has 1 heterocycles. The molecule has 1 aromatic heterocycles. The zero-order valence-corrected chi connectivity index (χ0v) is 10.9. The number of halogens is 1. The van der Waals surface area contributed by atoms with Crippen LogP contribution in [0.25, 0.3) is 0 Å². The van der Waals surface area contributed by atoms with Gasteiger partial charge in [-0.2, -0.15) is 0 Å². The van der Waals surface area contributed by atoms with E-state index in [1.165, 1.54) is 49.1 Å². The average molecular weight is 288 g/mol.